The van der Waals surface area contributed by atoms with E-state index in [4.69, 9.17) is 0 Å². The van der Waals surface area contributed by atoms with Crippen molar-refractivity contribution >= 4 is 5.91 Å². The quantitative estimate of drug-likeness (QED) is 0.651. The van der Waals surface area contributed by atoms with E-state index in [1.807, 2.05) is 12.3 Å². The van der Waals surface area contributed by atoms with Gasteiger partial charge in [-0.25, -0.2) is 0 Å². The average molecular weight is 203 g/mol. The lowest BCUT2D eigenvalue weighted by Crippen LogP contribution is -2.52. The molecule has 1 N–H and O–H groups in total. The number of rotatable bonds is 0. The molecule has 3 rings (SSSR count). The zero-order valence-electron chi connectivity index (χ0n) is 8.44. The molecule has 4 heteroatoms. The summed E-state index contributed by atoms with van der Waals surface area (Å²) >= 11 is 0. The molecule has 0 bridgehead atoms. The largest absolute Gasteiger partial charge is 0.353 e. The van der Waals surface area contributed by atoms with Gasteiger partial charge in [0.1, 0.15) is 0 Å². The summed E-state index contributed by atoms with van der Waals surface area (Å²) in [7, 11) is 0. The lowest BCUT2D eigenvalue weighted by molar-refractivity contribution is -0.125. The van der Waals surface area contributed by atoms with Crippen molar-refractivity contribution in [2.24, 2.45) is 0 Å². The zero-order chi connectivity index (χ0) is 10.3. The first-order valence-corrected chi connectivity index (χ1v) is 5.29. The fraction of sp³-hybridized carbons (Fsp3) is 0.455. The summed E-state index contributed by atoms with van der Waals surface area (Å²) in [6.07, 6.45) is 2.84. The van der Waals surface area contributed by atoms with Crippen LogP contribution in [0.5, 0.6) is 0 Å². The second-order valence-corrected chi connectivity index (χ2v) is 4.09. The Morgan fingerprint density at radius 3 is 3.40 bits per heavy atom. The molecule has 2 aliphatic heterocycles. The number of fused-ring (bicyclic) bond motifs is 3. The van der Waals surface area contributed by atoms with Gasteiger partial charge >= 0.3 is 0 Å². The van der Waals surface area contributed by atoms with Crippen LogP contribution in [0, 0.1) is 0 Å². The highest BCUT2D eigenvalue weighted by Gasteiger charge is 2.32. The molecule has 1 fully saturated rings. The normalized spacial score (nSPS) is 25.3. The van der Waals surface area contributed by atoms with Crippen LogP contribution in [0.25, 0.3) is 0 Å². The number of hydrogen-bond acceptors (Lipinski definition) is 3. The van der Waals surface area contributed by atoms with Crippen LogP contribution in [0.3, 0.4) is 0 Å². The van der Waals surface area contributed by atoms with Gasteiger partial charge in [-0.3, -0.25) is 14.7 Å². The molecule has 0 radical (unpaired) electrons. The highest BCUT2D eigenvalue weighted by molar-refractivity contribution is 5.79. The van der Waals surface area contributed by atoms with Crippen LogP contribution in [0.1, 0.15) is 17.3 Å². The lowest BCUT2D eigenvalue weighted by Gasteiger charge is -2.39. The van der Waals surface area contributed by atoms with Gasteiger partial charge in [0, 0.05) is 19.3 Å². The molecule has 1 unspecified atom stereocenters. The molecule has 4 nitrogen and oxygen atoms in total. The Morgan fingerprint density at radius 2 is 2.47 bits per heavy atom. The molecule has 0 aromatic carbocycles. The first kappa shape index (κ1) is 8.85. The monoisotopic (exact) mass is 203 g/mol. The predicted octanol–water partition coefficient (Wildman–Crippen LogP) is 0.111. The summed E-state index contributed by atoms with van der Waals surface area (Å²) in [5, 5.41) is 2.90. The molecule has 1 amide bonds. The minimum absolute atomic E-state index is 0.130. The van der Waals surface area contributed by atoms with Crippen molar-refractivity contribution in [3.63, 3.8) is 0 Å². The summed E-state index contributed by atoms with van der Waals surface area (Å²) in [5.41, 5.74) is 2.47. The Hall–Kier alpha value is -1.42. The number of nitrogens with zero attached hydrogens (tertiary/aromatic N) is 2. The van der Waals surface area contributed by atoms with E-state index in [1.165, 1.54) is 5.56 Å². The number of aromatic nitrogens is 1. The Balaban J connectivity index is 1.97. The van der Waals surface area contributed by atoms with Gasteiger partial charge in [0.2, 0.25) is 5.91 Å². The molecule has 0 aliphatic carbocycles. The van der Waals surface area contributed by atoms with Gasteiger partial charge < -0.3 is 5.32 Å². The Bertz CT molecular complexity index is 405. The van der Waals surface area contributed by atoms with Gasteiger partial charge in [-0.2, -0.15) is 0 Å². The van der Waals surface area contributed by atoms with E-state index in [2.05, 4.69) is 21.3 Å². The topological polar surface area (TPSA) is 45.2 Å². The molecular formula is C11H13N3O. The second kappa shape index (κ2) is 3.31. The SMILES string of the molecule is O=C1CN2CCc3cccnc3C2CN1. The van der Waals surface area contributed by atoms with Crippen molar-refractivity contribution in [3.8, 4) is 0 Å². The molecule has 1 aromatic heterocycles. The summed E-state index contributed by atoms with van der Waals surface area (Å²) in [6, 6.07) is 4.40. The van der Waals surface area contributed by atoms with Crippen LogP contribution in [0.2, 0.25) is 0 Å². The number of amides is 1. The third kappa shape index (κ3) is 1.41. The van der Waals surface area contributed by atoms with E-state index in [1.54, 1.807) is 0 Å². The maximum atomic E-state index is 11.3. The van der Waals surface area contributed by atoms with Crippen LogP contribution < -0.4 is 5.32 Å². The van der Waals surface area contributed by atoms with E-state index in [0.717, 1.165) is 18.7 Å². The van der Waals surface area contributed by atoms with Crippen LogP contribution in [0.4, 0.5) is 0 Å². The van der Waals surface area contributed by atoms with Crippen LogP contribution in [-0.4, -0.2) is 35.4 Å². The van der Waals surface area contributed by atoms with Crippen LogP contribution >= 0.6 is 0 Å². The minimum atomic E-state index is 0.130. The van der Waals surface area contributed by atoms with Crippen LogP contribution in [0.15, 0.2) is 18.3 Å². The summed E-state index contributed by atoms with van der Waals surface area (Å²) in [6.45, 7) is 2.18. The zero-order valence-corrected chi connectivity index (χ0v) is 8.44. The minimum Gasteiger partial charge on any atom is -0.353 e. The van der Waals surface area contributed by atoms with E-state index < -0.39 is 0 Å². The van der Waals surface area contributed by atoms with E-state index in [0.29, 0.717) is 13.1 Å². The Labute approximate surface area is 88.3 Å². The molecule has 1 saturated heterocycles. The number of pyridine rings is 1. The molecule has 78 valence electrons. The standard InChI is InChI=1S/C11H13N3O/c15-10-7-14-5-3-8-2-1-4-12-11(8)9(14)6-13-10/h1-2,4,9H,3,5-7H2,(H,13,15). The fourth-order valence-corrected chi connectivity index (χ4v) is 2.42. The second-order valence-electron chi connectivity index (χ2n) is 4.09. The predicted molar refractivity (Wildman–Crippen MR) is 55.3 cm³/mol. The highest BCUT2D eigenvalue weighted by Crippen LogP contribution is 2.28. The van der Waals surface area contributed by atoms with Gasteiger partial charge in [0.25, 0.3) is 0 Å². The van der Waals surface area contributed by atoms with Crippen molar-refractivity contribution in [1.82, 2.24) is 15.2 Å². The van der Waals surface area contributed by atoms with Crippen LogP contribution in [-0.2, 0) is 11.2 Å². The molecule has 0 saturated carbocycles. The van der Waals surface area contributed by atoms with Crippen molar-refractivity contribution in [3.05, 3.63) is 29.6 Å². The van der Waals surface area contributed by atoms with Gasteiger partial charge in [-0.05, 0) is 18.1 Å². The molecule has 1 aromatic rings. The van der Waals surface area contributed by atoms with E-state index in [-0.39, 0.29) is 11.9 Å². The molecule has 2 aliphatic rings. The maximum Gasteiger partial charge on any atom is 0.234 e. The molecule has 0 spiro atoms. The number of carbonyl (C=O) groups excluding carboxylic acids is 1. The molecule has 3 heterocycles. The highest BCUT2D eigenvalue weighted by atomic mass is 16.2. The van der Waals surface area contributed by atoms with Gasteiger partial charge in [0.05, 0.1) is 18.3 Å². The molecular weight excluding hydrogens is 190 g/mol. The summed E-state index contributed by atoms with van der Waals surface area (Å²) in [4.78, 5) is 17.9. The van der Waals surface area contributed by atoms with Gasteiger partial charge in [-0.1, -0.05) is 6.07 Å². The number of piperazine rings is 1. The first-order valence-electron chi connectivity index (χ1n) is 5.29. The van der Waals surface area contributed by atoms with Gasteiger partial charge in [0.15, 0.2) is 0 Å². The van der Waals surface area contributed by atoms with E-state index >= 15 is 0 Å². The number of hydrogen-bond donors (Lipinski definition) is 1. The Kier molecular flexibility index (Phi) is 1.95. The summed E-state index contributed by atoms with van der Waals surface area (Å²) < 4.78 is 0. The Morgan fingerprint density at radius 1 is 1.53 bits per heavy atom. The van der Waals surface area contributed by atoms with E-state index in [9.17, 15) is 4.79 Å². The number of carbonyl (C=O) groups is 1. The number of nitrogens with one attached hydrogen (secondary N) is 1. The third-order valence-corrected chi connectivity index (χ3v) is 3.19. The molecule has 15 heavy (non-hydrogen) atoms. The smallest absolute Gasteiger partial charge is 0.234 e. The first-order chi connectivity index (χ1) is 7.34. The van der Waals surface area contributed by atoms with Gasteiger partial charge in [-0.15, -0.1) is 0 Å². The molecule has 1 atom stereocenters. The van der Waals surface area contributed by atoms with Crippen molar-refractivity contribution in [2.75, 3.05) is 19.6 Å². The van der Waals surface area contributed by atoms with Crippen molar-refractivity contribution < 1.29 is 4.79 Å². The summed E-state index contributed by atoms with van der Waals surface area (Å²) in [5.74, 6) is 0.130. The van der Waals surface area contributed by atoms with Crippen molar-refractivity contribution in [2.45, 2.75) is 12.5 Å². The third-order valence-electron chi connectivity index (χ3n) is 3.19. The van der Waals surface area contributed by atoms with Crippen molar-refractivity contribution in [1.29, 1.82) is 0 Å². The lowest BCUT2D eigenvalue weighted by atomic mass is 9.96. The fourth-order valence-electron chi connectivity index (χ4n) is 2.42. The average Bonchev–Trinajstić information content (AvgIpc) is 2.28. The maximum absolute atomic E-state index is 11.3.